The van der Waals surface area contributed by atoms with Gasteiger partial charge in [0.1, 0.15) is 5.25 Å². The minimum atomic E-state index is -3.76. The van der Waals surface area contributed by atoms with Gasteiger partial charge < -0.3 is 5.11 Å². The second kappa shape index (κ2) is 3.97. The molecule has 0 bridgehead atoms. The molecule has 0 aromatic carbocycles. The second-order valence-corrected chi connectivity index (χ2v) is 5.61. The third-order valence-corrected chi connectivity index (χ3v) is 3.82. The Bertz CT molecular complexity index is 557. The number of rotatable bonds is 2. The molecule has 0 aliphatic carbocycles. The molecule has 1 aromatic rings. The molecule has 7 nitrogen and oxygen atoms in total. The summed E-state index contributed by atoms with van der Waals surface area (Å²) in [7, 11) is -3.76. The number of aromatic hydroxyl groups is 1. The Balaban J connectivity index is 2.31. The molecule has 1 aliphatic rings. The lowest BCUT2D eigenvalue weighted by Gasteiger charge is -2.15. The van der Waals surface area contributed by atoms with Crippen LogP contribution < -0.4 is 10.0 Å². The highest BCUT2D eigenvalue weighted by Gasteiger charge is 2.38. The van der Waals surface area contributed by atoms with Crippen LogP contribution in [0.15, 0.2) is 18.3 Å². The number of amides is 1. The van der Waals surface area contributed by atoms with Gasteiger partial charge in [0.2, 0.25) is 15.9 Å². The molecule has 3 N–H and O–H groups in total. The highest BCUT2D eigenvalue weighted by molar-refractivity contribution is 7.89. The first kappa shape index (κ1) is 11.8. The molecule has 0 spiro atoms. The van der Waals surface area contributed by atoms with E-state index in [9.17, 15) is 18.3 Å². The zero-order chi connectivity index (χ0) is 12.6. The van der Waals surface area contributed by atoms with Crippen molar-refractivity contribution >= 4 is 21.7 Å². The first-order chi connectivity index (χ1) is 7.89. The maximum atomic E-state index is 11.6. The third kappa shape index (κ3) is 2.22. The summed E-state index contributed by atoms with van der Waals surface area (Å²) >= 11 is 0. The second-order valence-electron chi connectivity index (χ2n) is 3.77. The van der Waals surface area contributed by atoms with E-state index in [4.69, 9.17) is 5.14 Å². The van der Waals surface area contributed by atoms with Crippen molar-refractivity contribution in [2.24, 2.45) is 5.14 Å². The minimum Gasteiger partial charge on any atom is -0.504 e. The fourth-order valence-corrected chi connectivity index (χ4v) is 2.43. The number of nitrogens with zero attached hydrogens (tertiary/aromatic N) is 2. The van der Waals surface area contributed by atoms with Gasteiger partial charge in [-0.1, -0.05) is 0 Å². The molecule has 1 saturated heterocycles. The highest BCUT2D eigenvalue weighted by Crippen LogP contribution is 2.28. The van der Waals surface area contributed by atoms with Crippen LogP contribution in [0.4, 0.5) is 5.82 Å². The number of primary sulfonamides is 1. The zero-order valence-corrected chi connectivity index (χ0v) is 9.59. The minimum absolute atomic E-state index is 0.0589. The summed E-state index contributed by atoms with van der Waals surface area (Å²) in [6.07, 6.45) is 1.22. The number of carbonyl (C=O) groups is 1. The van der Waals surface area contributed by atoms with Gasteiger partial charge in [-0.3, -0.25) is 9.69 Å². The van der Waals surface area contributed by atoms with E-state index in [1.54, 1.807) is 0 Å². The fourth-order valence-electron chi connectivity index (χ4n) is 1.70. The predicted octanol–water partition coefficient (Wildman–Crippen LogP) is -0.819. The van der Waals surface area contributed by atoms with Gasteiger partial charge in [0.15, 0.2) is 11.6 Å². The lowest BCUT2D eigenvalue weighted by Crippen LogP contribution is -2.32. The van der Waals surface area contributed by atoms with Crippen molar-refractivity contribution in [3.05, 3.63) is 18.3 Å². The van der Waals surface area contributed by atoms with Gasteiger partial charge in [0.25, 0.3) is 0 Å². The Kier molecular flexibility index (Phi) is 2.76. The molecule has 1 amide bonds. The zero-order valence-electron chi connectivity index (χ0n) is 8.78. The van der Waals surface area contributed by atoms with Crippen LogP contribution in [0.25, 0.3) is 0 Å². The van der Waals surface area contributed by atoms with Crippen molar-refractivity contribution in [2.45, 2.75) is 11.7 Å². The Morgan fingerprint density at radius 1 is 1.53 bits per heavy atom. The summed E-state index contributed by atoms with van der Waals surface area (Å²) in [5, 5.41) is 13.6. The van der Waals surface area contributed by atoms with Crippen molar-refractivity contribution in [2.75, 3.05) is 11.4 Å². The molecular formula is C9H11N3O4S. The lowest BCUT2D eigenvalue weighted by molar-refractivity contribution is -0.117. The van der Waals surface area contributed by atoms with E-state index in [1.807, 2.05) is 0 Å². The molecule has 1 aromatic heterocycles. The van der Waals surface area contributed by atoms with Gasteiger partial charge in [0, 0.05) is 19.2 Å². The summed E-state index contributed by atoms with van der Waals surface area (Å²) in [5.41, 5.74) is 0. The summed E-state index contributed by atoms with van der Waals surface area (Å²) in [4.78, 5) is 16.6. The quantitative estimate of drug-likeness (QED) is 0.718. The van der Waals surface area contributed by atoms with Crippen LogP contribution in [0, 0.1) is 0 Å². The van der Waals surface area contributed by atoms with E-state index >= 15 is 0 Å². The number of sulfonamides is 1. The molecule has 17 heavy (non-hydrogen) atoms. The van der Waals surface area contributed by atoms with Crippen LogP contribution in [-0.2, 0) is 14.8 Å². The van der Waals surface area contributed by atoms with Crippen molar-refractivity contribution in [3.8, 4) is 5.75 Å². The average Bonchev–Trinajstić information content (AvgIpc) is 2.61. The molecule has 2 heterocycles. The summed E-state index contributed by atoms with van der Waals surface area (Å²) in [6, 6.07) is 2.89. The normalized spacial score (nSPS) is 20.9. The maximum Gasteiger partial charge on any atom is 0.229 e. The van der Waals surface area contributed by atoms with Crippen molar-refractivity contribution < 1.29 is 18.3 Å². The van der Waals surface area contributed by atoms with E-state index in [0.29, 0.717) is 0 Å². The molecule has 1 atom stereocenters. The molecule has 0 saturated carbocycles. The first-order valence-corrected chi connectivity index (χ1v) is 6.46. The first-order valence-electron chi connectivity index (χ1n) is 4.85. The molecular weight excluding hydrogens is 246 g/mol. The van der Waals surface area contributed by atoms with Crippen LogP contribution >= 0.6 is 0 Å². The average molecular weight is 257 g/mol. The number of carbonyl (C=O) groups excluding carboxylic acids is 1. The summed E-state index contributed by atoms with van der Waals surface area (Å²) in [6.45, 7) is -0.0811. The Morgan fingerprint density at radius 2 is 2.24 bits per heavy atom. The molecule has 0 radical (unpaired) electrons. The highest BCUT2D eigenvalue weighted by atomic mass is 32.2. The Labute approximate surface area is 97.9 Å². The van der Waals surface area contributed by atoms with Gasteiger partial charge in [-0.2, -0.15) is 0 Å². The van der Waals surface area contributed by atoms with Gasteiger partial charge >= 0.3 is 0 Å². The van der Waals surface area contributed by atoms with E-state index in [0.717, 1.165) is 4.90 Å². The van der Waals surface area contributed by atoms with E-state index in [-0.39, 0.29) is 24.5 Å². The Hall–Kier alpha value is -1.67. The number of hydrogen-bond acceptors (Lipinski definition) is 5. The van der Waals surface area contributed by atoms with E-state index in [1.165, 1.54) is 18.3 Å². The maximum absolute atomic E-state index is 11.6. The molecule has 92 valence electrons. The van der Waals surface area contributed by atoms with E-state index in [2.05, 4.69) is 4.98 Å². The molecule has 8 heteroatoms. The van der Waals surface area contributed by atoms with Crippen molar-refractivity contribution in [3.63, 3.8) is 0 Å². The standard InChI is InChI=1S/C9H11N3O4S/c10-17(15,16)6-4-8(14)12(5-6)9-7(13)2-1-3-11-9/h1-3,6,13H,4-5H2,(H2,10,15,16). The number of nitrogens with two attached hydrogens (primary N) is 1. The van der Waals surface area contributed by atoms with Gasteiger partial charge in [0.05, 0.1) is 0 Å². The Morgan fingerprint density at radius 3 is 2.76 bits per heavy atom. The molecule has 1 fully saturated rings. The fraction of sp³-hybridized carbons (Fsp3) is 0.333. The van der Waals surface area contributed by atoms with Crippen LogP contribution in [0.1, 0.15) is 6.42 Å². The van der Waals surface area contributed by atoms with Crippen LogP contribution in [-0.4, -0.2) is 36.2 Å². The largest absolute Gasteiger partial charge is 0.504 e. The van der Waals surface area contributed by atoms with Crippen molar-refractivity contribution in [1.29, 1.82) is 0 Å². The molecule has 1 unspecified atom stereocenters. The number of pyridine rings is 1. The third-order valence-electron chi connectivity index (χ3n) is 2.58. The van der Waals surface area contributed by atoms with Gasteiger partial charge in [-0.15, -0.1) is 0 Å². The predicted molar refractivity (Wildman–Crippen MR) is 59.8 cm³/mol. The smallest absolute Gasteiger partial charge is 0.229 e. The number of anilines is 1. The van der Waals surface area contributed by atoms with Gasteiger partial charge in [-0.05, 0) is 12.1 Å². The van der Waals surface area contributed by atoms with Crippen LogP contribution in [0.5, 0.6) is 5.75 Å². The lowest BCUT2D eigenvalue weighted by atomic mass is 10.4. The van der Waals surface area contributed by atoms with Gasteiger partial charge in [-0.25, -0.2) is 18.5 Å². The SMILES string of the molecule is NS(=O)(=O)C1CC(=O)N(c2ncccc2O)C1. The number of aromatic nitrogens is 1. The molecule has 1 aliphatic heterocycles. The van der Waals surface area contributed by atoms with Crippen LogP contribution in [0.3, 0.4) is 0 Å². The molecule has 2 rings (SSSR count). The summed E-state index contributed by atoms with van der Waals surface area (Å²) < 4.78 is 22.3. The number of hydrogen-bond donors (Lipinski definition) is 2. The topological polar surface area (TPSA) is 114 Å². The monoisotopic (exact) mass is 257 g/mol. The van der Waals surface area contributed by atoms with E-state index < -0.39 is 21.2 Å². The van der Waals surface area contributed by atoms with Crippen molar-refractivity contribution in [1.82, 2.24) is 4.98 Å². The summed E-state index contributed by atoms with van der Waals surface area (Å²) in [5.74, 6) is -0.530. The van der Waals surface area contributed by atoms with Crippen LogP contribution in [0.2, 0.25) is 0 Å².